The quantitative estimate of drug-likeness (QED) is 0.457. The lowest BCUT2D eigenvalue weighted by molar-refractivity contribution is 0.299. The average Bonchev–Trinajstić information content (AvgIpc) is 3.42. The number of aliphatic hydroxyl groups excluding tert-OH is 1. The molecule has 8 nitrogen and oxygen atoms in total. The fraction of sp³-hybridized carbons (Fsp3) is 0.273. The van der Waals surface area contributed by atoms with E-state index < -0.39 is 0 Å². The van der Waals surface area contributed by atoms with Crippen LogP contribution in [0.5, 0.6) is 0 Å². The van der Waals surface area contributed by atoms with Gasteiger partial charge >= 0.3 is 0 Å². The zero-order valence-corrected chi connectivity index (χ0v) is 18.8. The summed E-state index contributed by atoms with van der Waals surface area (Å²) >= 11 is 1.55. The summed E-state index contributed by atoms with van der Waals surface area (Å²) in [4.78, 5) is 15.7. The Morgan fingerprint density at radius 2 is 2.00 bits per heavy atom. The molecule has 0 atom stereocenters. The maximum Gasteiger partial charge on any atom is 0.143 e. The van der Waals surface area contributed by atoms with Gasteiger partial charge in [0.2, 0.25) is 0 Å². The summed E-state index contributed by atoms with van der Waals surface area (Å²) in [6.07, 6.45) is 4.13. The van der Waals surface area contributed by atoms with Crippen LogP contribution in [0.4, 0.5) is 17.3 Å². The molecule has 4 heterocycles. The van der Waals surface area contributed by atoms with Crippen molar-refractivity contribution in [3.63, 3.8) is 0 Å². The second-order valence-corrected chi connectivity index (χ2v) is 8.28. The summed E-state index contributed by atoms with van der Waals surface area (Å²) in [7, 11) is 3.93. The molecule has 0 aromatic carbocycles. The van der Waals surface area contributed by atoms with Gasteiger partial charge in [0.1, 0.15) is 22.3 Å². The van der Waals surface area contributed by atoms with Gasteiger partial charge < -0.3 is 15.3 Å². The van der Waals surface area contributed by atoms with E-state index >= 15 is 0 Å². The molecule has 4 aromatic heterocycles. The lowest BCUT2D eigenvalue weighted by Gasteiger charge is -2.18. The van der Waals surface area contributed by atoms with Crippen molar-refractivity contribution in [2.24, 2.45) is 0 Å². The van der Waals surface area contributed by atoms with Gasteiger partial charge in [-0.15, -0.1) is 11.3 Å². The number of pyridine rings is 2. The van der Waals surface area contributed by atoms with E-state index in [0.29, 0.717) is 12.2 Å². The standard InChI is InChI=1S/C22H25N7OS/c1-14-13-19(29-10-7-18(27-29)22-23-9-12-31-22)16(8-11-30)21(24-14)26-17-5-6-20(28(3)4)25-15(17)2/h5-7,9-10,12-13,30H,8,11H2,1-4H3,(H,24,26). The molecule has 2 N–H and O–H groups in total. The van der Waals surface area contributed by atoms with Crippen LogP contribution in [-0.2, 0) is 6.42 Å². The third-order valence-electron chi connectivity index (χ3n) is 4.86. The van der Waals surface area contributed by atoms with Crippen LogP contribution in [0.3, 0.4) is 0 Å². The smallest absolute Gasteiger partial charge is 0.143 e. The minimum atomic E-state index is 0.00380. The number of aromatic nitrogens is 5. The van der Waals surface area contributed by atoms with Gasteiger partial charge in [0.15, 0.2) is 0 Å². The predicted molar refractivity (Wildman–Crippen MR) is 125 cm³/mol. The molecule has 9 heteroatoms. The molecule has 160 valence electrons. The molecule has 0 unspecified atom stereocenters. The Hall–Kier alpha value is -3.30. The van der Waals surface area contributed by atoms with Crippen LogP contribution in [0, 0.1) is 13.8 Å². The van der Waals surface area contributed by atoms with Crippen molar-refractivity contribution in [3.8, 4) is 16.4 Å². The first kappa shape index (κ1) is 21.0. The maximum absolute atomic E-state index is 9.75. The van der Waals surface area contributed by atoms with Crippen molar-refractivity contribution in [1.82, 2.24) is 24.7 Å². The van der Waals surface area contributed by atoms with E-state index in [4.69, 9.17) is 10.1 Å². The Labute approximate surface area is 185 Å². The minimum Gasteiger partial charge on any atom is -0.396 e. The van der Waals surface area contributed by atoms with Gasteiger partial charge in [-0.3, -0.25) is 0 Å². The number of hydrogen-bond donors (Lipinski definition) is 2. The van der Waals surface area contributed by atoms with E-state index in [2.05, 4.69) is 15.3 Å². The van der Waals surface area contributed by atoms with Gasteiger partial charge in [0.25, 0.3) is 0 Å². The summed E-state index contributed by atoms with van der Waals surface area (Å²) in [5.41, 5.74) is 5.17. The Kier molecular flexibility index (Phi) is 5.97. The fourth-order valence-corrected chi connectivity index (χ4v) is 3.93. The van der Waals surface area contributed by atoms with Crippen LogP contribution < -0.4 is 10.2 Å². The Morgan fingerprint density at radius 1 is 1.16 bits per heavy atom. The van der Waals surface area contributed by atoms with Crippen molar-refractivity contribution in [1.29, 1.82) is 0 Å². The number of aliphatic hydroxyl groups is 1. The number of thiazole rings is 1. The number of hydrogen-bond acceptors (Lipinski definition) is 8. The van der Waals surface area contributed by atoms with Crippen LogP contribution >= 0.6 is 11.3 Å². The molecule has 0 amide bonds. The second kappa shape index (κ2) is 8.83. The van der Waals surface area contributed by atoms with Gasteiger partial charge in [-0.25, -0.2) is 19.6 Å². The summed E-state index contributed by atoms with van der Waals surface area (Å²) < 4.78 is 1.82. The van der Waals surface area contributed by atoms with Crippen LogP contribution in [0.1, 0.15) is 17.0 Å². The lowest BCUT2D eigenvalue weighted by Crippen LogP contribution is -2.12. The first-order chi connectivity index (χ1) is 15.0. The average molecular weight is 436 g/mol. The molecule has 0 aliphatic rings. The molecular weight excluding hydrogens is 410 g/mol. The molecule has 0 saturated heterocycles. The van der Waals surface area contributed by atoms with Crippen molar-refractivity contribution in [3.05, 3.63) is 59.0 Å². The normalized spacial score (nSPS) is 11.0. The molecule has 4 rings (SSSR count). The highest BCUT2D eigenvalue weighted by Crippen LogP contribution is 2.29. The molecule has 0 radical (unpaired) electrons. The summed E-state index contributed by atoms with van der Waals surface area (Å²) in [5.74, 6) is 1.58. The molecule has 0 aliphatic carbocycles. The zero-order valence-electron chi connectivity index (χ0n) is 18.0. The van der Waals surface area contributed by atoms with Crippen molar-refractivity contribution in [2.45, 2.75) is 20.3 Å². The van der Waals surface area contributed by atoms with Gasteiger partial charge in [0, 0.05) is 56.2 Å². The first-order valence-corrected chi connectivity index (χ1v) is 10.8. The number of aryl methyl sites for hydroxylation is 2. The van der Waals surface area contributed by atoms with E-state index in [1.165, 1.54) is 0 Å². The molecule has 0 aliphatic heterocycles. The molecule has 0 fully saturated rings. The third kappa shape index (κ3) is 4.42. The SMILES string of the molecule is Cc1cc(-n2ccc(-c3nccs3)n2)c(CCO)c(Nc2ccc(N(C)C)nc2C)n1. The highest BCUT2D eigenvalue weighted by Gasteiger charge is 2.16. The van der Waals surface area contributed by atoms with E-state index in [1.807, 2.05) is 73.4 Å². The van der Waals surface area contributed by atoms with Gasteiger partial charge in [-0.05, 0) is 38.1 Å². The van der Waals surface area contributed by atoms with Crippen molar-refractivity contribution < 1.29 is 5.11 Å². The van der Waals surface area contributed by atoms with Gasteiger partial charge in [-0.2, -0.15) is 5.10 Å². The number of nitrogens with zero attached hydrogens (tertiary/aromatic N) is 6. The number of rotatable bonds is 7. The molecule has 0 spiro atoms. The topological polar surface area (TPSA) is 92.0 Å². The first-order valence-electron chi connectivity index (χ1n) is 9.95. The van der Waals surface area contributed by atoms with Crippen LogP contribution in [0.2, 0.25) is 0 Å². The lowest BCUT2D eigenvalue weighted by atomic mass is 10.1. The van der Waals surface area contributed by atoms with E-state index in [9.17, 15) is 5.11 Å². The van der Waals surface area contributed by atoms with Crippen LogP contribution in [0.25, 0.3) is 16.4 Å². The Bertz CT molecular complexity index is 1180. The van der Waals surface area contributed by atoms with E-state index in [1.54, 1.807) is 17.5 Å². The van der Waals surface area contributed by atoms with Gasteiger partial charge in [0.05, 0.1) is 17.1 Å². The molecule has 0 bridgehead atoms. The summed E-state index contributed by atoms with van der Waals surface area (Å²) in [6.45, 7) is 3.91. The highest BCUT2D eigenvalue weighted by atomic mass is 32.1. The van der Waals surface area contributed by atoms with E-state index in [-0.39, 0.29) is 6.61 Å². The van der Waals surface area contributed by atoms with E-state index in [0.717, 1.165) is 44.8 Å². The van der Waals surface area contributed by atoms with Crippen LogP contribution in [-0.4, -0.2) is 50.5 Å². The third-order valence-corrected chi connectivity index (χ3v) is 5.66. The molecule has 4 aromatic rings. The van der Waals surface area contributed by atoms with Crippen molar-refractivity contribution in [2.75, 3.05) is 30.9 Å². The van der Waals surface area contributed by atoms with Crippen molar-refractivity contribution >= 4 is 28.7 Å². The second-order valence-electron chi connectivity index (χ2n) is 7.39. The molecule has 0 saturated carbocycles. The highest BCUT2D eigenvalue weighted by molar-refractivity contribution is 7.13. The minimum absolute atomic E-state index is 0.00380. The molecular formula is C22H25N7OS. The summed E-state index contributed by atoms with van der Waals surface area (Å²) in [6, 6.07) is 7.89. The summed E-state index contributed by atoms with van der Waals surface area (Å²) in [5, 5.41) is 20.7. The largest absolute Gasteiger partial charge is 0.396 e. The Morgan fingerprint density at radius 3 is 2.68 bits per heavy atom. The zero-order chi connectivity index (χ0) is 22.0. The Balaban J connectivity index is 1.75. The fourth-order valence-electron chi connectivity index (χ4n) is 3.33. The monoisotopic (exact) mass is 435 g/mol. The molecule has 31 heavy (non-hydrogen) atoms. The number of nitrogens with one attached hydrogen (secondary N) is 1. The van der Waals surface area contributed by atoms with Gasteiger partial charge in [-0.1, -0.05) is 0 Å². The number of anilines is 3. The maximum atomic E-state index is 9.75. The van der Waals surface area contributed by atoms with Crippen LogP contribution in [0.15, 0.2) is 42.0 Å². The predicted octanol–water partition coefficient (Wildman–Crippen LogP) is 3.75.